The predicted molar refractivity (Wildman–Crippen MR) is 66.4 cm³/mol. The van der Waals surface area contributed by atoms with Gasteiger partial charge in [-0.3, -0.25) is 4.79 Å². The third-order valence-corrected chi connectivity index (χ3v) is 4.63. The summed E-state index contributed by atoms with van der Waals surface area (Å²) in [7, 11) is 0. The largest absolute Gasteiger partial charge is 0.374 e. The zero-order valence-electron chi connectivity index (χ0n) is 11.0. The molecule has 2 rings (SSSR count). The topological polar surface area (TPSA) is 64.3 Å². The van der Waals surface area contributed by atoms with Gasteiger partial charge in [0.1, 0.15) is 0 Å². The number of rotatable bonds is 3. The van der Waals surface area contributed by atoms with E-state index in [2.05, 4.69) is 12.2 Å². The van der Waals surface area contributed by atoms with Gasteiger partial charge in [-0.15, -0.1) is 0 Å². The summed E-state index contributed by atoms with van der Waals surface area (Å²) >= 11 is 0. The third-order valence-electron chi connectivity index (χ3n) is 4.63. The fraction of sp³-hybridized carbons (Fsp3) is 0.923. The van der Waals surface area contributed by atoms with Gasteiger partial charge in [0, 0.05) is 6.54 Å². The minimum Gasteiger partial charge on any atom is -0.374 e. The van der Waals surface area contributed by atoms with Crippen molar-refractivity contribution in [2.75, 3.05) is 6.54 Å². The smallest absolute Gasteiger partial charge is 0.226 e. The first kappa shape index (κ1) is 12.8. The van der Waals surface area contributed by atoms with E-state index in [4.69, 9.17) is 10.5 Å². The normalized spacial score (nSPS) is 39.8. The Kier molecular flexibility index (Phi) is 3.46. The summed E-state index contributed by atoms with van der Waals surface area (Å²) in [5.41, 5.74) is 5.64. The van der Waals surface area contributed by atoms with Gasteiger partial charge in [0.2, 0.25) is 5.91 Å². The molecule has 1 amide bonds. The lowest BCUT2D eigenvalue weighted by Gasteiger charge is -2.42. The number of hydrogen-bond acceptors (Lipinski definition) is 3. The molecule has 1 saturated heterocycles. The summed E-state index contributed by atoms with van der Waals surface area (Å²) in [6.45, 7) is 6.66. The predicted octanol–water partition coefficient (Wildman–Crippen LogP) is 1.04. The summed E-state index contributed by atoms with van der Waals surface area (Å²) in [6.07, 6.45) is 3.37. The number of hydrogen-bond donors (Lipinski definition) is 2. The van der Waals surface area contributed by atoms with Crippen LogP contribution in [0.5, 0.6) is 0 Å². The first-order valence-electron chi connectivity index (χ1n) is 6.67. The maximum atomic E-state index is 12.3. The molecule has 2 aliphatic rings. The molecule has 1 heterocycles. The molecule has 0 bridgehead atoms. The van der Waals surface area contributed by atoms with Crippen molar-refractivity contribution in [2.45, 2.75) is 57.8 Å². The van der Waals surface area contributed by atoms with Gasteiger partial charge in [0.05, 0.1) is 23.7 Å². The highest BCUT2D eigenvalue weighted by molar-refractivity contribution is 5.80. The molecule has 0 aromatic heterocycles. The van der Waals surface area contributed by atoms with Gasteiger partial charge in [-0.2, -0.15) is 0 Å². The molecule has 4 heteroatoms. The fourth-order valence-corrected chi connectivity index (χ4v) is 3.05. The molecule has 2 fully saturated rings. The second kappa shape index (κ2) is 4.58. The quantitative estimate of drug-likeness (QED) is 0.775. The first-order chi connectivity index (χ1) is 7.99. The summed E-state index contributed by atoms with van der Waals surface area (Å²) in [4.78, 5) is 12.3. The van der Waals surface area contributed by atoms with Crippen LogP contribution in [0.25, 0.3) is 0 Å². The lowest BCUT2D eigenvalue weighted by Crippen LogP contribution is -2.60. The van der Waals surface area contributed by atoms with Crippen molar-refractivity contribution in [1.29, 1.82) is 0 Å². The Labute approximate surface area is 103 Å². The minimum atomic E-state index is -0.123. The van der Waals surface area contributed by atoms with Crippen LogP contribution in [-0.4, -0.2) is 30.2 Å². The number of carbonyl (C=O) groups excluding carboxylic acids is 1. The monoisotopic (exact) mass is 240 g/mol. The highest BCUT2D eigenvalue weighted by Gasteiger charge is 2.45. The molecular weight excluding hydrogens is 216 g/mol. The Balaban J connectivity index is 2.00. The van der Waals surface area contributed by atoms with E-state index in [1.165, 1.54) is 6.42 Å². The van der Waals surface area contributed by atoms with Crippen molar-refractivity contribution in [1.82, 2.24) is 5.32 Å². The highest BCUT2D eigenvalue weighted by Crippen LogP contribution is 2.35. The molecule has 0 aromatic carbocycles. The van der Waals surface area contributed by atoms with E-state index >= 15 is 0 Å². The second-order valence-corrected chi connectivity index (χ2v) is 5.76. The minimum absolute atomic E-state index is 0.00917. The van der Waals surface area contributed by atoms with Crippen LogP contribution in [0.4, 0.5) is 0 Å². The number of nitrogens with one attached hydrogen (secondary N) is 1. The van der Waals surface area contributed by atoms with Crippen molar-refractivity contribution in [3.8, 4) is 0 Å². The molecule has 17 heavy (non-hydrogen) atoms. The molecular formula is C13H24N2O2. The summed E-state index contributed by atoms with van der Waals surface area (Å²) in [6, 6.07) is 0. The van der Waals surface area contributed by atoms with Crippen LogP contribution in [0.1, 0.15) is 40.0 Å². The summed E-state index contributed by atoms with van der Waals surface area (Å²) in [5, 5.41) is 3.16. The second-order valence-electron chi connectivity index (χ2n) is 5.76. The maximum Gasteiger partial charge on any atom is 0.226 e. The molecule has 4 unspecified atom stereocenters. The van der Waals surface area contributed by atoms with Crippen LogP contribution in [0.3, 0.4) is 0 Å². The zero-order valence-corrected chi connectivity index (χ0v) is 11.0. The molecule has 1 aliphatic carbocycles. The Morgan fingerprint density at radius 2 is 2.00 bits per heavy atom. The number of nitrogens with two attached hydrogens (primary N) is 1. The Bertz CT molecular complexity index is 296. The van der Waals surface area contributed by atoms with E-state index in [1.54, 1.807) is 0 Å². The fourth-order valence-electron chi connectivity index (χ4n) is 3.05. The van der Waals surface area contributed by atoms with Gasteiger partial charge < -0.3 is 15.8 Å². The summed E-state index contributed by atoms with van der Waals surface area (Å²) < 4.78 is 5.71. The molecule has 0 spiro atoms. The Hall–Kier alpha value is -0.610. The zero-order chi connectivity index (χ0) is 12.6. The van der Waals surface area contributed by atoms with Crippen molar-refractivity contribution < 1.29 is 9.53 Å². The van der Waals surface area contributed by atoms with Gasteiger partial charge in [0.15, 0.2) is 0 Å². The SMILES string of the molecule is CC1OC(C)C(C(=O)NC2(CN)CCC2)C1C. The van der Waals surface area contributed by atoms with Crippen LogP contribution in [0, 0.1) is 11.8 Å². The molecule has 0 radical (unpaired) electrons. The van der Waals surface area contributed by atoms with Crippen LogP contribution in [-0.2, 0) is 9.53 Å². The van der Waals surface area contributed by atoms with Crippen molar-refractivity contribution >= 4 is 5.91 Å². The Morgan fingerprint density at radius 1 is 1.35 bits per heavy atom. The van der Waals surface area contributed by atoms with Crippen molar-refractivity contribution in [3.05, 3.63) is 0 Å². The molecule has 4 atom stereocenters. The number of ether oxygens (including phenoxy) is 1. The van der Waals surface area contributed by atoms with E-state index in [9.17, 15) is 4.79 Å². The molecule has 3 N–H and O–H groups in total. The molecule has 1 saturated carbocycles. The lowest BCUT2D eigenvalue weighted by molar-refractivity contribution is -0.130. The van der Waals surface area contributed by atoms with Gasteiger partial charge >= 0.3 is 0 Å². The average molecular weight is 240 g/mol. The Morgan fingerprint density at radius 3 is 2.35 bits per heavy atom. The molecule has 0 aromatic rings. The molecule has 1 aliphatic heterocycles. The van der Waals surface area contributed by atoms with Gasteiger partial charge in [-0.25, -0.2) is 0 Å². The van der Waals surface area contributed by atoms with Gasteiger partial charge in [0.25, 0.3) is 0 Å². The lowest BCUT2D eigenvalue weighted by atomic mass is 9.76. The number of carbonyl (C=O) groups is 1. The highest BCUT2D eigenvalue weighted by atomic mass is 16.5. The maximum absolute atomic E-state index is 12.3. The van der Waals surface area contributed by atoms with E-state index < -0.39 is 0 Å². The van der Waals surface area contributed by atoms with Crippen LogP contribution >= 0.6 is 0 Å². The first-order valence-corrected chi connectivity index (χ1v) is 6.67. The molecule has 4 nitrogen and oxygen atoms in total. The molecule has 98 valence electrons. The van der Waals surface area contributed by atoms with Crippen molar-refractivity contribution in [2.24, 2.45) is 17.6 Å². The van der Waals surface area contributed by atoms with E-state index in [-0.39, 0.29) is 35.5 Å². The van der Waals surface area contributed by atoms with Crippen LogP contribution in [0.2, 0.25) is 0 Å². The van der Waals surface area contributed by atoms with Gasteiger partial charge in [-0.05, 0) is 39.0 Å². The summed E-state index contributed by atoms with van der Waals surface area (Å²) in [5.74, 6) is 0.369. The number of amides is 1. The standard InChI is InChI=1S/C13H24N2O2/c1-8-9(2)17-10(3)11(8)12(16)15-13(7-14)5-4-6-13/h8-11H,4-7,14H2,1-3H3,(H,15,16). The third kappa shape index (κ3) is 2.20. The van der Waals surface area contributed by atoms with E-state index in [0.717, 1.165) is 12.8 Å². The van der Waals surface area contributed by atoms with Crippen molar-refractivity contribution in [3.63, 3.8) is 0 Å². The van der Waals surface area contributed by atoms with Gasteiger partial charge in [-0.1, -0.05) is 6.92 Å². The van der Waals surface area contributed by atoms with Crippen LogP contribution < -0.4 is 11.1 Å². The van der Waals surface area contributed by atoms with E-state index in [1.807, 2.05) is 13.8 Å². The van der Waals surface area contributed by atoms with Crippen LogP contribution in [0.15, 0.2) is 0 Å². The average Bonchev–Trinajstić information content (AvgIpc) is 2.47. The van der Waals surface area contributed by atoms with E-state index in [0.29, 0.717) is 6.54 Å².